The second-order valence-corrected chi connectivity index (χ2v) is 5.47. The molecular weight excluding hydrogens is 316 g/mol. The molecule has 9 heteroatoms. The van der Waals surface area contributed by atoms with Gasteiger partial charge in [-0.3, -0.25) is 14.9 Å². The van der Waals surface area contributed by atoms with Crippen LogP contribution >= 0.6 is 23.4 Å². The van der Waals surface area contributed by atoms with Crippen LogP contribution in [0.1, 0.15) is 19.0 Å². The summed E-state index contributed by atoms with van der Waals surface area (Å²) in [6, 6.07) is 4.02. The monoisotopic (exact) mass is 326 g/mol. The van der Waals surface area contributed by atoms with Crippen LogP contribution in [0, 0.1) is 10.1 Å². The minimum Gasteiger partial charge on any atom is -0.301 e. The van der Waals surface area contributed by atoms with Gasteiger partial charge in [0.25, 0.3) is 5.56 Å². The lowest BCUT2D eigenvalue weighted by molar-refractivity contribution is -0.388. The molecule has 0 amide bonds. The highest BCUT2D eigenvalue weighted by molar-refractivity contribution is 7.99. The van der Waals surface area contributed by atoms with E-state index in [4.69, 9.17) is 11.6 Å². The molecule has 0 fully saturated rings. The molecule has 0 atom stereocenters. The average Bonchev–Trinajstić information content (AvgIpc) is 2.38. The molecular formula is C12H11ClN4O3S. The number of H-pyrrole nitrogens is 1. The maximum absolute atomic E-state index is 11.6. The van der Waals surface area contributed by atoms with Crippen LogP contribution in [0.15, 0.2) is 33.2 Å². The predicted molar refractivity (Wildman–Crippen MR) is 78.9 cm³/mol. The topological polar surface area (TPSA) is 102 Å². The number of halogens is 1. The fourth-order valence-corrected chi connectivity index (χ4v) is 2.72. The molecule has 21 heavy (non-hydrogen) atoms. The van der Waals surface area contributed by atoms with E-state index in [1.54, 1.807) is 0 Å². The lowest BCUT2D eigenvalue weighted by Gasteiger charge is -2.04. The fraction of sp³-hybridized carbons (Fsp3) is 0.250. The first-order valence-corrected chi connectivity index (χ1v) is 7.28. The largest absolute Gasteiger partial charge is 0.301 e. The van der Waals surface area contributed by atoms with E-state index in [1.165, 1.54) is 18.2 Å². The summed E-state index contributed by atoms with van der Waals surface area (Å²) >= 11 is 6.67. The normalized spacial score (nSPS) is 10.6. The number of aromatic nitrogens is 3. The molecule has 0 bridgehead atoms. The molecule has 0 aliphatic rings. The molecule has 0 aromatic carbocycles. The Kier molecular flexibility index (Phi) is 4.92. The van der Waals surface area contributed by atoms with Gasteiger partial charge in [0.15, 0.2) is 10.2 Å². The van der Waals surface area contributed by atoms with Crippen LogP contribution in [0.3, 0.4) is 0 Å². The van der Waals surface area contributed by atoms with Gasteiger partial charge in [-0.25, -0.2) is 9.97 Å². The summed E-state index contributed by atoms with van der Waals surface area (Å²) < 4.78 is 0. The molecule has 2 aromatic rings. The number of hydrogen-bond acceptors (Lipinski definition) is 6. The van der Waals surface area contributed by atoms with Crippen molar-refractivity contribution in [1.29, 1.82) is 0 Å². The zero-order chi connectivity index (χ0) is 15.4. The van der Waals surface area contributed by atoms with Crippen LogP contribution in [0.25, 0.3) is 0 Å². The van der Waals surface area contributed by atoms with Crippen LogP contribution in [0.4, 0.5) is 5.69 Å². The van der Waals surface area contributed by atoms with Gasteiger partial charge in [-0.2, -0.15) is 0 Å². The Morgan fingerprint density at radius 1 is 1.43 bits per heavy atom. The van der Waals surface area contributed by atoms with Crippen molar-refractivity contribution in [3.05, 3.63) is 49.5 Å². The number of nitrogens with zero attached hydrogens (tertiary/aromatic N) is 3. The number of nitrogens with one attached hydrogen (secondary N) is 1. The van der Waals surface area contributed by atoms with Gasteiger partial charge in [-0.1, -0.05) is 24.9 Å². The SMILES string of the molecule is CCCc1cc(=O)[nH]c(Sc2nc(Cl)ccc2[N+](=O)[O-])n1. The molecule has 2 aromatic heterocycles. The van der Waals surface area contributed by atoms with E-state index in [-0.39, 0.29) is 26.6 Å². The molecule has 2 heterocycles. The number of rotatable bonds is 5. The summed E-state index contributed by atoms with van der Waals surface area (Å²) in [5, 5.41) is 11.5. The second-order valence-electron chi connectivity index (χ2n) is 4.11. The third kappa shape index (κ3) is 4.02. The van der Waals surface area contributed by atoms with E-state index in [0.29, 0.717) is 12.1 Å². The van der Waals surface area contributed by atoms with Gasteiger partial charge in [0.05, 0.1) is 4.92 Å². The first-order chi connectivity index (χ1) is 9.99. The van der Waals surface area contributed by atoms with E-state index in [0.717, 1.165) is 18.2 Å². The third-order valence-corrected chi connectivity index (χ3v) is 3.57. The molecule has 0 spiro atoms. The minimum absolute atomic E-state index is 0.0873. The van der Waals surface area contributed by atoms with Crippen molar-refractivity contribution >= 4 is 29.1 Å². The number of pyridine rings is 1. The van der Waals surface area contributed by atoms with Crippen molar-refractivity contribution in [2.45, 2.75) is 29.9 Å². The minimum atomic E-state index is -0.556. The lowest BCUT2D eigenvalue weighted by atomic mass is 10.2. The van der Waals surface area contributed by atoms with Crippen LogP contribution in [0.2, 0.25) is 5.15 Å². The fourth-order valence-electron chi connectivity index (χ4n) is 1.63. The van der Waals surface area contributed by atoms with Crippen LogP contribution in [0.5, 0.6) is 0 Å². The summed E-state index contributed by atoms with van der Waals surface area (Å²) in [6.45, 7) is 1.97. The summed E-state index contributed by atoms with van der Waals surface area (Å²) in [4.78, 5) is 32.7. The van der Waals surface area contributed by atoms with Crippen molar-refractivity contribution in [2.75, 3.05) is 0 Å². The Labute approximate surface area is 128 Å². The van der Waals surface area contributed by atoms with Crippen molar-refractivity contribution in [3.63, 3.8) is 0 Å². The first-order valence-electron chi connectivity index (χ1n) is 6.08. The highest BCUT2D eigenvalue weighted by Crippen LogP contribution is 2.31. The van der Waals surface area contributed by atoms with Crippen molar-refractivity contribution in [3.8, 4) is 0 Å². The lowest BCUT2D eigenvalue weighted by Crippen LogP contribution is -2.10. The smallest absolute Gasteiger partial charge is 0.301 e. The number of aryl methyl sites for hydroxylation is 1. The Balaban J connectivity index is 2.40. The van der Waals surface area contributed by atoms with Crippen LogP contribution in [-0.4, -0.2) is 19.9 Å². The second kappa shape index (κ2) is 6.68. The summed E-state index contributed by atoms with van der Waals surface area (Å²) in [6.07, 6.45) is 1.50. The van der Waals surface area contributed by atoms with E-state index in [2.05, 4.69) is 15.0 Å². The van der Waals surface area contributed by atoms with Gasteiger partial charge in [-0.05, 0) is 24.2 Å². The molecule has 0 aliphatic heterocycles. The Hall–Kier alpha value is -1.93. The Morgan fingerprint density at radius 2 is 2.19 bits per heavy atom. The van der Waals surface area contributed by atoms with Gasteiger partial charge in [0.2, 0.25) is 0 Å². The quantitative estimate of drug-likeness (QED) is 0.392. The van der Waals surface area contributed by atoms with E-state index >= 15 is 0 Å². The first kappa shape index (κ1) is 15.5. The van der Waals surface area contributed by atoms with Crippen molar-refractivity contribution in [1.82, 2.24) is 15.0 Å². The van der Waals surface area contributed by atoms with Gasteiger partial charge in [-0.15, -0.1) is 0 Å². The number of nitro groups is 1. The molecule has 1 N–H and O–H groups in total. The Morgan fingerprint density at radius 3 is 2.86 bits per heavy atom. The van der Waals surface area contributed by atoms with Gasteiger partial charge >= 0.3 is 5.69 Å². The molecule has 0 radical (unpaired) electrons. The molecule has 7 nitrogen and oxygen atoms in total. The molecule has 0 unspecified atom stereocenters. The third-order valence-electron chi connectivity index (χ3n) is 2.48. The van der Waals surface area contributed by atoms with Crippen LogP contribution in [-0.2, 0) is 6.42 Å². The summed E-state index contributed by atoms with van der Waals surface area (Å²) in [5.74, 6) is 0. The number of hydrogen-bond donors (Lipinski definition) is 1. The molecule has 0 saturated carbocycles. The Bertz CT molecular complexity index is 735. The van der Waals surface area contributed by atoms with E-state index < -0.39 is 4.92 Å². The standard InChI is InChI=1S/C12H11ClN4O3S/c1-2-3-7-6-10(18)16-12(14-7)21-11-8(17(19)20)4-5-9(13)15-11/h4-6H,2-3H2,1H3,(H,14,16,18). The van der Waals surface area contributed by atoms with Gasteiger partial charge in [0, 0.05) is 17.8 Å². The molecule has 110 valence electrons. The zero-order valence-corrected chi connectivity index (χ0v) is 12.6. The van der Waals surface area contributed by atoms with E-state index in [9.17, 15) is 14.9 Å². The molecule has 0 aliphatic carbocycles. The van der Waals surface area contributed by atoms with Gasteiger partial charge < -0.3 is 4.98 Å². The van der Waals surface area contributed by atoms with Crippen molar-refractivity contribution < 1.29 is 4.92 Å². The average molecular weight is 327 g/mol. The predicted octanol–water partition coefficient (Wildman–Crippen LogP) is 2.83. The van der Waals surface area contributed by atoms with Gasteiger partial charge in [0.1, 0.15) is 5.15 Å². The summed E-state index contributed by atoms with van der Waals surface area (Å²) in [7, 11) is 0. The highest BCUT2D eigenvalue weighted by atomic mass is 35.5. The van der Waals surface area contributed by atoms with E-state index in [1.807, 2.05) is 6.92 Å². The number of aromatic amines is 1. The van der Waals surface area contributed by atoms with Crippen LogP contribution < -0.4 is 5.56 Å². The zero-order valence-electron chi connectivity index (χ0n) is 11.0. The maximum atomic E-state index is 11.6. The highest BCUT2D eigenvalue weighted by Gasteiger charge is 2.18. The maximum Gasteiger partial charge on any atom is 0.301 e. The summed E-state index contributed by atoms with van der Waals surface area (Å²) in [5.41, 5.74) is 0.141. The molecule has 0 saturated heterocycles. The molecule has 2 rings (SSSR count). The van der Waals surface area contributed by atoms with Crippen molar-refractivity contribution in [2.24, 2.45) is 0 Å².